The van der Waals surface area contributed by atoms with Crippen LogP contribution in [0.5, 0.6) is 5.75 Å². The van der Waals surface area contributed by atoms with Crippen molar-refractivity contribution >= 4 is 0 Å². The monoisotopic (exact) mass is 298 g/mol. The molecule has 2 aromatic carbocycles. The average Bonchev–Trinajstić information content (AvgIpc) is 3.04. The van der Waals surface area contributed by atoms with Crippen molar-refractivity contribution in [2.24, 2.45) is 5.73 Å². The molecule has 0 amide bonds. The number of ether oxygens (including phenoxy) is 1. The van der Waals surface area contributed by atoms with Gasteiger partial charge in [-0.05, 0) is 29.8 Å². The van der Waals surface area contributed by atoms with Crippen molar-refractivity contribution in [2.45, 2.75) is 6.04 Å². The minimum absolute atomic E-state index is 0.284. The highest BCUT2D eigenvalue weighted by Gasteiger charge is 2.16. The van der Waals surface area contributed by atoms with Gasteiger partial charge in [-0.3, -0.25) is 5.10 Å². The molecule has 0 unspecified atom stereocenters. The Bertz CT molecular complexity index is 787. The SMILES string of the molecule is COc1cccc([C@H](N)c2nc(-c3ccccc3F)n[nH]2)c1. The normalized spacial score (nSPS) is 12.1. The summed E-state index contributed by atoms with van der Waals surface area (Å²) in [6.45, 7) is 0. The zero-order valence-corrected chi connectivity index (χ0v) is 12.0. The molecule has 3 aromatic rings. The smallest absolute Gasteiger partial charge is 0.184 e. The third kappa shape index (κ3) is 2.68. The van der Waals surface area contributed by atoms with E-state index in [0.717, 1.165) is 5.56 Å². The van der Waals surface area contributed by atoms with E-state index in [1.165, 1.54) is 6.07 Å². The second kappa shape index (κ2) is 5.95. The molecule has 1 aromatic heterocycles. The molecule has 22 heavy (non-hydrogen) atoms. The van der Waals surface area contributed by atoms with E-state index in [1.54, 1.807) is 25.3 Å². The summed E-state index contributed by atoms with van der Waals surface area (Å²) in [6.07, 6.45) is 0. The van der Waals surface area contributed by atoms with E-state index in [2.05, 4.69) is 15.2 Å². The maximum absolute atomic E-state index is 13.8. The van der Waals surface area contributed by atoms with Gasteiger partial charge in [-0.25, -0.2) is 9.37 Å². The molecule has 0 spiro atoms. The lowest BCUT2D eigenvalue weighted by atomic mass is 10.1. The van der Waals surface area contributed by atoms with Crippen LogP contribution in [-0.4, -0.2) is 22.3 Å². The number of nitrogens with zero attached hydrogens (tertiary/aromatic N) is 2. The molecule has 0 saturated heterocycles. The van der Waals surface area contributed by atoms with Crippen LogP contribution < -0.4 is 10.5 Å². The van der Waals surface area contributed by atoms with Crippen LogP contribution >= 0.6 is 0 Å². The fourth-order valence-corrected chi connectivity index (χ4v) is 2.17. The van der Waals surface area contributed by atoms with Crippen LogP contribution in [0.25, 0.3) is 11.4 Å². The third-order valence-corrected chi connectivity index (χ3v) is 3.36. The first kappa shape index (κ1) is 14.2. The molecule has 0 saturated carbocycles. The van der Waals surface area contributed by atoms with E-state index in [-0.39, 0.29) is 11.6 Å². The maximum atomic E-state index is 13.8. The molecule has 0 fully saturated rings. The van der Waals surface area contributed by atoms with Crippen molar-refractivity contribution in [1.29, 1.82) is 0 Å². The molecule has 3 rings (SSSR count). The van der Waals surface area contributed by atoms with Crippen LogP contribution in [0.4, 0.5) is 4.39 Å². The summed E-state index contributed by atoms with van der Waals surface area (Å²) in [5, 5.41) is 6.82. The number of hydrogen-bond acceptors (Lipinski definition) is 4. The van der Waals surface area contributed by atoms with E-state index in [0.29, 0.717) is 17.1 Å². The van der Waals surface area contributed by atoms with Gasteiger partial charge in [0.05, 0.1) is 18.7 Å². The first-order valence-electron chi connectivity index (χ1n) is 6.76. The van der Waals surface area contributed by atoms with Gasteiger partial charge in [0.15, 0.2) is 5.82 Å². The van der Waals surface area contributed by atoms with Crippen molar-refractivity contribution in [3.05, 3.63) is 65.7 Å². The number of methoxy groups -OCH3 is 1. The molecule has 6 heteroatoms. The van der Waals surface area contributed by atoms with Gasteiger partial charge in [0.2, 0.25) is 0 Å². The lowest BCUT2D eigenvalue weighted by Crippen LogP contribution is -2.13. The predicted molar refractivity (Wildman–Crippen MR) is 80.8 cm³/mol. The number of aromatic amines is 1. The van der Waals surface area contributed by atoms with Gasteiger partial charge >= 0.3 is 0 Å². The molecule has 0 radical (unpaired) electrons. The summed E-state index contributed by atoms with van der Waals surface area (Å²) < 4.78 is 18.9. The molecule has 1 heterocycles. The molecule has 1 atom stereocenters. The van der Waals surface area contributed by atoms with E-state index in [1.807, 2.05) is 24.3 Å². The molecule has 5 nitrogen and oxygen atoms in total. The summed E-state index contributed by atoms with van der Waals surface area (Å²) in [4.78, 5) is 4.30. The number of hydrogen-bond donors (Lipinski definition) is 2. The van der Waals surface area contributed by atoms with E-state index in [4.69, 9.17) is 10.5 Å². The highest BCUT2D eigenvalue weighted by atomic mass is 19.1. The van der Waals surface area contributed by atoms with Gasteiger partial charge in [-0.2, -0.15) is 5.10 Å². The summed E-state index contributed by atoms with van der Waals surface area (Å²) in [6, 6.07) is 13.2. The van der Waals surface area contributed by atoms with Crippen molar-refractivity contribution < 1.29 is 9.13 Å². The number of nitrogens with one attached hydrogen (secondary N) is 1. The molecule has 0 aliphatic heterocycles. The summed E-state index contributed by atoms with van der Waals surface area (Å²) >= 11 is 0. The Morgan fingerprint density at radius 1 is 1.18 bits per heavy atom. The zero-order valence-electron chi connectivity index (χ0n) is 12.0. The van der Waals surface area contributed by atoms with Gasteiger partial charge < -0.3 is 10.5 Å². The fourth-order valence-electron chi connectivity index (χ4n) is 2.17. The summed E-state index contributed by atoms with van der Waals surface area (Å²) in [5.74, 6) is 1.09. The zero-order chi connectivity index (χ0) is 15.5. The first-order valence-corrected chi connectivity index (χ1v) is 6.76. The van der Waals surface area contributed by atoms with Crippen LogP contribution in [0, 0.1) is 5.82 Å². The highest BCUT2D eigenvalue weighted by Crippen LogP contribution is 2.24. The van der Waals surface area contributed by atoms with Gasteiger partial charge in [-0.1, -0.05) is 24.3 Å². The van der Waals surface area contributed by atoms with Crippen molar-refractivity contribution in [1.82, 2.24) is 15.2 Å². The van der Waals surface area contributed by atoms with Gasteiger partial charge in [0.25, 0.3) is 0 Å². The minimum Gasteiger partial charge on any atom is -0.497 e. The number of benzene rings is 2. The van der Waals surface area contributed by atoms with E-state index in [9.17, 15) is 4.39 Å². The van der Waals surface area contributed by atoms with Gasteiger partial charge in [0, 0.05) is 0 Å². The number of aromatic nitrogens is 3. The second-order valence-corrected chi connectivity index (χ2v) is 4.78. The highest BCUT2D eigenvalue weighted by molar-refractivity contribution is 5.55. The number of nitrogens with two attached hydrogens (primary N) is 1. The Hall–Kier alpha value is -2.73. The standard InChI is InChI=1S/C16H15FN4O/c1-22-11-6-4-5-10(9-11)14(18)16-19-15(20-21-16)12-7-2-3-8-13(12)17/h2-9,14H,18H2,1H3,(H,19,20,21)/t14-/m0/s1. The minimum atomic E-state index is -0.497. The molecule has 0 aliphatic rings. The predicted octanol–water partition coefficient (Wildman–Crippen LogP) is 2.67. The third-order valence-electron chi connectivity index (χ3n) is 3.36. The van der Waals surface area contributed by atoms with Crippen molar-refractivity contribution in [2.75, 3.05) is 7.11 Å². The Balaban J connectivity index is 1.91. The number of halogens is 1. The molecule has 112 valence electrons. The first-order chi connectivity index (χ1) is 10.7. The number of H-pyrrole nitrogens is 1. The quantitative estimate of drug-likeness (QED) is 0.776. The Morgan fingerprint density at radius 3 is 2.77 bits per heavy atom. The molecule has 0 aliphatic carbocycles. The van der Waals surface area contributed by atoms with E-state index >= 15 is 0 Å². The van der Waals surface area contributed by atoms with Crippen LogP contribution in [0.15, 0.2) is 48.5 Å². The van der Waals surface area contributed by atoms with Crippen LogP contribution in [0.2, 0.25) is 0 Å². The summed E-state index contributed by atoms with van der Waals surface area (Å²) in [5.41, 5.74) is 7.35. The lowest BCUT2D eigenvalue weighted by molar-refractivity contribution is 0.414. The average molecular weight is 298 g/mol. The van der Waals surface area contributed by atoms with Crippen LogP contribution in [0.1, 0.15) is 17.4 Å². The molecular formula is C16H15FN4O. The fraction of sp³-hybridized carbons (Fsp3) is 0.125. The van der Waals surface area contributed by atoms with Crippen molar-refractivity contribution in [3.63, 3.8) is 0 Å². The molecular weight excluding hydrogens is 283 g/mol. The van der Waals surface area contributed by atoms with Crippen LogP contribution in [-0.2, 0) is 0 Å². The number of rotatable bonds is 4. The van der Waals surface area contributed by atoms with E-state index < -0.39 is 6.04 Å². The van der Waals surface area contributed by atoms with Gasteiger partial charge in [-0.15, -0.1) is 0 Å². The largest absolute Gasteiger partial charge is 0.497 e. The Kier molecular flexibility index (Phi) is 3.84. The topological polar surface area (TPSA) is 76.8 Å². The second-order valence-electron chi connectivity index (χ2n) is 4.78. The maximum Gasteiger partial charge on any atom is 0.184 e. The van der Waals surface area contributed by atoms with Gasteiger partial charge in [0.1, 0.15) is 17.4 Å². The van der Waals surface area contributed by atoms with Crippen LogP contribution in [0.3, 0.4) is 0 Å². The molecule has 0 bridgehead atoms. The lowest BCUT2D eigenvalue weighted by Gasteiger charge is -2.09. The Labute approximate surface area is 127 Å². The Morgan fingerprint density at radius 2 is 2.00 bits per heavy atom. The summed E-state index contributed by atoms with van der Waals surface area (Å²) in [7, 11) is 1.59. The molecule has 3 N–H and O–H groups in total. The van der Waals surface area contributed by atoms with Crippen molar-refractivity contribution in [3.8, 4) is 17.1 Å².